The van der Waals surface area contributed by atoms with Crippen molar-refractivity contribution in [3.8, 4) is 0 Å². The van der Waals surface area contributed by atoms with Crippen LogP contribution in [-0.4, -0.2) is 28.8 Å². The van der Waals surface area contributed by atoms with Crippen molar-refractivity contribution in [2.24, 2.45) is 4.99 Å². The molecule has 3 heteroatoms. The SMILES string of the molecule is C1=C(c2cccnc2)N2CCN=C2c2ccccc21. The highest BCUT2D eigenvalue weighted by atomic mass is 15.3. The van der Waals surface area contributed by atoms with Gasteiger partial charge in [0.1, 0.15) is 5.84 Å². The number of rotatable bonds is 1. The first kappa shape index (κ1) is 10.5. The van der Waals surface area contributed by atoms with E-state index in [2.05, 4.69) is 51.3 Å². The highest BCUT2D eigenvalue weighted by Crippen LogP contribution is 2.32. The Bertz CT molecular complexity index is 686. The van der Waals surface area contributed by atoms with Crippen LogP contribution in [0.15, 0.2) is 53.8 Å². The summed E-state index contributed by atoms with van der Waals surface area (Å²) in [6, 6.07) is 12.5. The van der Waals surface area contributed by atoms with E-state index >= 15 is 0 Å². The van der Waals surface area contributed by atoms with E-state index in [1.165, 1.54) is 16.8 Å². The number of benzene rings is 1. The predicted molar refractivity (Wildman–Crippen MR) is 76.7 cm³/mol. The summed E-state index contributed by atoms with van der Waals surface area (Å²) in [5, 5.41) is 0. The Morgan fingerprint density at radius 3 is 2.89 bits per heavy atom. The minimum absolute atomic E-state index is 0.862. The lowest BCUT2D eigenvalue weighted by atomic mass is 9.98. The first-order valence-electron chi connectivity index (χ1n) is 6.47. The van der Waals surface area contributed by atoms with Crippen LogP contribution >= 0.6 is 0 Å². The molecule has 3 heterocycles. The third-order valence-electron chi connectivity index (χ3n) is 3.58. The van der Waals surface area contributed by atoms with E-state index in [0.29, 0.717) is 0 Å². The third-order valence-corrected chi connectivity index (χ3v) is 3.58. The highest BCUT2D eigenvalue weighted by Gasteiger charge is 2.28. The van der Waals surface area contributed by atoms with Crippen molar-refractivity contribution in [1.29, 1.82) is 0 Å². The lowest BCUT2D eigenvalue weighted by Crippen LogP contribution is -2.30. The zero-order valence-electron chi connectivity index (χ0n) is 10.5. The largest absolute Gasteiger partial charge is 0.324 e. The van der Waals surface area contributed by atoms with Gasteiger partial charge in [0.25, 0.3) is 0 Å². The van der Waals surface area contributed by atoms with Gasteiger partial charge in [-0.25, -0.2) is 0 Å². The van der Waals surface area contributed by atoms with Gasteiger partial charge >= 0.3 is 0 Å². The molecule has 0 radical (unpaired) electrons. The molecule has 0 unspecified atom stereocenters. The number of nitrogens with zero attached hydrogens (tertiary/aromatic N) is 3. The van der Waals surface area contributed by atoms with Gasteiger partial charge in [0.2, 0.25) is 0 Å². The summed E-state index contributed by atoms with van der Waals surface area (Å²) in [4.78, 5) is 11.2. The van der Waals surface area contributed by atoms with E-state index in [9.17, 15) is 0 Å². The maximum absolute atomic E-state index is 4.66. The molecule has 0 aliphatic carbocycles. The summed E-state index contributed by atoms with van der Waals surface area (Å²) in [7, 11) is 0. The monoisotopic (exact) mass is 247 g/mol. The minimum Gasteiger partial charge on any atom is -0.324 e. The molecule has 4 rings (SSSR count). The quantitative estimate of drug-likeness (QED) is 0.775. The van der Waals surface area contributed by atoms with Gasteiger partial charge in [-0.2, -0.15) is 0 Å². The van der Waals surface area contributed by atoms with Gasteiger partial charge in [-0.3, -0.25) is 9.98 Å². The van der Waals surface area contributed by atoms with Crippen LogP contribution < -0.4 is 0 Å². The molecule has 1 aromatic heterocycles. The molecular weight excluding hydrogens is 234 g/mol. The first-order chi connectivity index (χ1) is 9.43. The topological polar surface area (TPSA) is 28.5 Å². The van der Waals surface area contributed by atoms with Gasteiger partial charge in [0, 0.05) is 30.1 Å². The lowest BCUT2D eigenvalue weighted by Gasteiger charge is -2.28. The molecule has 0 bridgehead atoms. The van der Waals surface area contributed by atoms with E-state index in [1.807, 2.05) is 12.3 Å². The zero-order chi connectivity index (χ0) is 12.7. The molecule has 0 spiro atoms. The minimum atomic E-state index is 0.862. The summed E-state index contributed by atoms with van der Waals surface area (Å²) in [6.45, 7) is 1.81. The highest BCUT2D eigenvalue weighted by molar-refractivity contribution is 6.12. The lowest BCUT2D eigenvalue weighted by molar-refractivity contribution is 0.637. The molecule has 0 fully saturated rings. The second kappa shape index (κ2) is 4.05. The Balaban J connectivity index is 1.93. The van der Waals surface area contributed by atoms with Crippen LogP contribution in [0.4, 0.5) is 0 Å². The molecule has 19 heavy (non-hydrogen) atoms. The van der Waals surface area contributed by atoms with Gasteiger partial charge in [0.05, 0.1) is 12.2 Å². The molecule has 0 amide bonds. The first-order valence-corrected chi connectivity index (χ1v) is 6.47. The van der Waals surface area contributed by atoms with Gasteiger partial charge < -0.3 is 4.90 Å². The Morgan fingerprint density at radius 1 is 1.05 bits per heavy atom. The van der Waals surface area contributed by atoms with Crippen LogP contribution in [0.3, 0.4) is 0 Å². The van der Waals surface area contributed by atoms with E-state index in [0.717, 1.165) is 24.5 Å². The van der Waals surface area contributed by atoms with Gasteiger partial charge in [-0.15, -0.1) is 0 Å². The second-order valence-corrected chi connectivity index (χ2v) is 4.72. The average molecular weight is 247 g/mol. The van der Waals surface area contributed by atoms with Crippen molar-refractivity contribution >= 4 is 17.6 Å². The second-order valence-electron chi connectivity index (χ2n) is 4.72. The predicted octanol–water partition coefficient (Wildman–Crippen LogP) is 2.66. The number of fused-ring (bicyclic) bond motifs is 3. The van der Waals surface area contributed by atoms with Crippen molar-refractivity contribution in [2.75, 3.05) is 13.1 Å². The molecule has 92 valence electrons. The standard InChI is InChI=1S/C16H13N3/c1-2-6-14-12(4-1)10-15(13-5-3-7-17-11-13)19-9-8-18-16(14)19/h1-7,10-11H,8-9H2. The molecular formula is C16H13N3. The summed E-state index contributed by atoms with van der Waals surface area (Å²) in [6.07, 6.45) is 5.95. The Morgan fingerprint density at radius 2 is 2.00 bits per heavy atom. The summed E-state index contributed by atoms with van der Waals surface area (Å²) in [5.41, 5.74) is 4.81. The fraction of sp³-hybridized carbons (Fsp3) is 0.125. The molecule has 0 N–H and O–H groups in total. The normalized spacial score (nSPS) is 16.5. The van der Waals surface area contributed by atoms with Crippen molar-refractivity contribution in [3.63, 3.8) is 0 Å². The maximum atomic E-state index is 4.66. The van der Waals surface area contributed by atoms with E-state index < -0.39 is 0 Å². The van der Waals surface area contributed by atoms with Crippen LogP contribution in [-0.2, 0) is 0 Å². The van der Waals surface area contributed by atoms with Crippen molar-refractivity contribution in [2.45, 2.75) is 0 Å². The molecule has 2 aliphatic rings. The third kappa shape index (κ3) is 1.58. The molecule has 2 aliphatic heterocycles. The smallest absolute Gasteiger partial charge is 0.136 e. The maximum Gasteiger partial charge on any atom is 0.136 e. The fourth-order valence-electron chi connectivity index (χ4n) is 2.72. The summed E-state index contributed by atoms with van der Waals surface area (Å²) < 4.78 is 0. The van der Waals surface area contributed by atoms with E-state index in [-0.39, 0.29) is 0 Å². The Labute approximate surface area is 111 Å². The van der Waals surface area contributed by atoms with E-state index in [4.69, 9.17) is 0 Å². The number of aromatic nitrogens is 1. The zero-order valence-corrected chi connectivity index (χ0v) is 10.5. The Kier molecular flexibility index (Phi) is 2.24. The summed E-state index contributed by atoms with van der Waals surface area (Å²) >= 11 is 0. The molecule has 1 aromatic carbocycles. The van der Waals surface area contributed by atoms with Crippen LogP contribution in [0.5, 0.6) is 0 Å². The van der Waals surface area contributed by atoms with Crippen molar-refractivity contribution < 1.29 is 0 Å². The van der Waals surface area contributed by atoms with Gasteiger partial charge in [-0.1, -0.05) is 24.3 Å². The molecule has 0 saturated heterocycles. The van der Waals surface area contributed by atoms with Gasteiger partial charge in [0.15, 0.2) is 0 Å². The van der Waals surface area contributed by atoms with Crippen molar-refractivity contribution in [1.82, 2.24) is 9.88 Å². The van der Waals surface area contributed by atoms with Crippen LogP contribution in [0.2, 0.25) is 0 Å². The molecule has 0 atom stereocenters. The molecule has 3 nitrogen and oxygen atoms in total. The number of pyridine rings is 1. The number of aliphatic imine (C=N–C) groups is 1. The average Bonchev–Trinajstić information content (AvgIpc) is 2.97. The summed E-state index contributed by atoms with van der Waals surface area (Å²) in [5.74, 6) is 1.09. The van der Waals surface area contributed by atoms with Crippen LogP contribution in [0, 0.1) is 0 Å². The Hall–Kier alpha value is -2.42. The number of hydrogen-bond acceptors (Lipinski definition) is 3. The van der Waals surface area contributed by atoms with E-state index in [1.54, 1.807) is 6.20 Å². The van der Waals surface area contributed by atoms with Crippen molar-refractivity contribution in [3.05, 3.63) is 65.5 Å². The van der Waals surface area contributed by atoms with Crippen LogP contribution in [0.1, 0.15) is 16.7 Å². The van der Waals surface area contributed by atoms with Crippen LogP contribution in [0.25, 0.3) is 11.8 Å². The van der Waals surface area contributed by atoms with Gasteiger partial charge in [-0.05, 0) is 23.8 Å². The molecule has 2 aromatic rings. The number of hydrogen-bond donors (Lipinski definition) is 0. The number of amidine groups is 1. The molecule has 0 saturated carbocycles. The fourth-order valence-corrected chi connectivity index (χ4v) is 2.72.